The SMILES string of the molecule is Cc1cnc(CNS(=O)(=O)c2cc(C(=O)O)oc2Br)o1. The molecular weight excluding hydrogens is 356 g/mol. The van der Waals surface area contributed by atoms with Gasteiger partial charge in [-0.2, -0.15) is 0 Å². The fourth-order valence-electron chi connectivity index (χ4n) is 1.36. The summed E-state index contributed by atoms with van der Waals surface area (Å²) in [6, 6.07) is 0.912. The first-order valence-corrected chi connectivity index (χ1v) is 7.51. The van der Waals surface area contributed by atoms with Crippen molar-refractivity contribution >= 4 is 31.9 Å². The van der Waals surface area contributed by atoms with Gasteiger partial charge in [-0.05, 0) is 22.9 Å². The highest BCUT2D eigenvalue weighted by molar-refractivity contribution is 9.10. The number of aryl methyl sites for hydroxylation is 1. The van der Waals surface area contributed by atoms with E-state index in [0.29, 0.717) is 5.76 Å². The van der Waals surface area contributed by atoms with Crippen molar-refractivity contribution in [3.05, 3.63) is 34.3 Å². The molecule has 2 rings (SSSR count). The number of furan rings is 1. The maximum absolute atomic E-state index is 12.0. The molecule has 0 aliphatic rings. The van der Waals surface area contributed by atoms with Gasteiger partial charge in [0.1, 0.15) is 10.7 Å². The fraction of sp³-hybridized carbons (Fsp3) is 0.200. The Morgan fingerprint density at radius 3 is 2.70 bits per heavy atom. The molecule has 0 atom stereocenters. The van der Waals surface area contributed by atoms with Gasteiger partial charge >= 0.3 is 5.97 Å². The zero-order valence-electron chi connectivity index (χ0n) is 10.1. The van der Waals surface area contributed by atoms with Crippen molar-refractivity contribution in [3.8, 4) is 0 Å². The van der Waals surface area contributed by atoms with Crippen LogP contribution in [0.15, 0.2) is 30.7 Å². The number of carboxylic acids is 1. The first kappa shape index (κ1) is 14.8. The Bertz CT molecular complexity index is 748. The lowest BCUT2D eigenvalue weighted by Crippen LogP contribution is -2.23. The number of hydrogen-bond acceptors (Lipinski definition) is 6. The molecule has 0 spiro atoms. The lowest BCUT2D eigenvalue weighted by molar-refractivity contribution is 0.0661. The van der Waals surface area contributed by atoms with Gasteiger partial charge in [-0.3, -0.25) is 0 Å². The Morgan fingerprint density at radius 1 is 1.50 bits per heavy atom. The van der Waals surface area contributed by atoms with Crippen molar-refractivity contribution in [1.29, 1.82) is 0 Å². The van der Waals surface area contributed by atoms with Crippen LogP contribution in [0.3, 0.4) is 0 Å². The number of hydrogen-bond donors (Lipinski definition) is 2. The minimum atomic E-state index is -3.95. The monoisotopic (exact) mass is 364 g/mol. The minimum absolute atomic E-state index is 0.157. The molecule has 0 aromatic carbocycles. The van der Waals surface area contributed by atoms with E-state index >= 15 is 0 Å². The quantitative estimate of drug-likeness (QED) is 0.823. The van der Waals surface area contributed by atoms with Crippen LogP contribution in [-0.2, 0) is 16.6 Å². The molecule has 0 fully saturated rings. The number of nitrogens with zero attached hydrogens (tertiary/aromatic N) is 1. The number of oxazole rings is 1. The van der Waals surface area contributed by atoms with Crippen LogP contribution >= 0.6 is 15.9 Å². The predicted molar refractivity (Wildman–Crippen MR) is 68.6 cm³/mol. The summed E-state index contributed by atoms with van der Waals surface area (Å²) < 4.78 is 36.0. The van der Waals surface area contributed by atoms with Crippen molar-refractivity contribution in [2.45, 2.75) is 18.4 Å². The van der Waals surface area contributed by atoms with Gasteiger partial charge in [-0.1, -0.05) is 0 Å². The summed E-state index contributed by atoms with van der Waals surface area (Å²) in [5.74, 6) is -1.10. The zero-order valence-corrected chi connectivity index (χ0v) is 12.5. The largest absolute Gasteiger partial charge is 0.475 e. The normalized spacial score (nSPS) is 11.7. The van der Waals surface area contributed by atoms with E-state index in [4.69, 9.17) is 13.9 Å². The third-order valence-corrected chi connectivity index (χ3v) is 4.50. The number of rotatable bonds is 5. The van der Waals surface area contributed by atoms with Crippen LogP contribution in [0.2, 0.25) is 0 Å². The van der Waals surface area contributed by atoms with Gasteiger partial charge in [0, 0.05) is 6.07 Å². The highest BCUT2D eigenvalue weighted by Gasteiger charge is 2.25. The summed E-state index contributed by atoms with van der Waals surface area (Å²) in [6.07, 6.45) is 1.46. The molecule has 10 heteroatoms. The molecule has 0 bridgehead atoms. The molecule has 0 aliphatic heterocycles. The zero-order chi connectivity index (χ0) is 14.9. The second kappa shape index (κ2) is 5.38. The summed E-state index contributed by atoms with van der Waals surface area (Å²) >= 11 is 2.86. The Hall–Kier alpha value is -1.65. The molecule has 0 saturated carbocycles. The van der Waals surface area contributed by atoms with E-state index in [9.17, 15) is 13.2 Å². The lowest BCUT2D eigenvalue weighted by Gasteiger charge is -2.02. The fourth-order valence-corrected chi connectivity index (χ4v) is 3.27. The van der Waals surface area contributed by atoms with Crippen molar-refractivity contribution in [2.75, 3.05) is 0 Å². The minimum Gasteiger partial charge on any atom is -0.475 e. The smallest absolute Gasteiger partial charge is 0.371 e. The maximum atomic E-state index is 12.0. The van der Waals surface area contributed by atoms with Gasteiger partial charge in [-0.25, -0.2) is 22.9 Å². The molecule has 108 valence electrons. The highest BCUT2D eigenvalue weighted by Crippen LogP contribution is 2.26. The first-order valence-electron chi connectivity index (χ1n) is 5.23. The average Bonchev–Trinajstić information content (AvgIpc) is 2.93. The van der Waals surface area contributed by atoms with E-state index in [1.54, 1.807) is 6.92 Å². The van der Waals surface area contributed by atoms with Crippen molar-refractivity contribution < 1.29 is 27.2 Å². The number of nitrogens with one attached hydrogen (secondary N) is 1. The third-order valence-electron chi connectivity index (χ3n) is 2.24. The Morgan fingerprint density at radius 2 is 2.20 bits per heavy atom. The molecule has 0 unspecified atom stereocenters. The molecule has 2 aromatic heterocycles. The van der Waals surface area contributed by atoms with E-state index in [1.165, 1.54) is 6.20 Å². The first-order chi connectivity index (χ1) is 9.29. The highest BCUT2D eigenvalue weighted by atomic mass is 79.9. The van der Waals surface area contributed by atoms with E-state index in [1.807, 2.05) is 0 Å². The number of aromatic nitrogens is 1. The number of carbonyl (C=O) groups is 1. The van der Waals surface area contributed by atoms with Gasteiger partial charge < -0.3 is 13.9 Å². The van der Waals surface area contributed by atoms with Gasteiger partial charge in [0.2, 0.25) is 21.7 Å². The van der Waals surface area contributed by atoms with Gasteiger partial charge in [-0.15, -0.1) is 0 Å². The van der Waals surface area contributed by atoms with Crippen molar-refractivity contribution in [1.82, 2.24) is 9.71 Å². The molecule has 2 heterocycles. The number of sulfonamides is 1. The maximum Gasteiger partial charge on any atom is 0.371 e. The molecular formula is C10H9BrN2O6S. The van der Waals surface area contributed by atoms with Gasteiger partial charge in [0.25, 0.3) is 0 Å². The molecule has 2 N–H and O–H groups in total. The molecule has 0 aliphatic carbocycles. The molecule has 2 aromatic rings. The van der Waals surface area contributed by atoms with Crippen LogP contribution in [0.5, 0.6) is 0 Å². The molecule has 0 saturated heterocycles. The van der Waals surface area contributed by atoms with E-state index in [0.717, 1.165) is 6.07 Å². The molecule has 0 radical (unpaired) electrons. The predicted octanol–water partition coefficient (Wildman–Crippen LogP) is 1.52. The topological polar surface area (TPSA) is 123 Å². The van der Waals surface area contributed by atoms with E-state index < -0.39 is 21.8 Å². The molecule has 20 heavy (non-hydrogen) atoms. The van der Waals surface area contributed by atoms with Crippen molar-refractivity contribution in [3.63, 3.8) is 0 Å². The summed E-state index contributed by atoms with van der Waals surface area (Å²) in [5.41, 5.74) is 0. The summed E-state index contributed by atoms with van der Waals surface area (Å²) in [4.78, 5) is 14.3. The number of carboxylic acid groups (broad SMARTS) is 1. The van der Waals surface area contributed by atoms with Crippen LogP contribution in [0.4, 0.5) is 0 Å². The second-order valence-corrected chi connectivity index (χ2v) is 6.20. The summed E-state index contributed by atoms with van der Waals surface area (Å²) in [6.45, 7) is 1.52. The van der Waals surface area contributed by atoms with Crippen LogP contribution in [-0.4, -0.2) is 24.5 Å². The van der Waals surface area contributed by atoms with E-state index in [2.05, 4.69) is 25.6 Å². The second-order valence-electron chi connectivity index (χ2n) is 3.74. The van der Waals surface area contributed by atoms with Crippen molar-refractivity contribution in [2.24, 2.45) is 0 Å². The Kier molecular flexibility index (Phi) is 3.97. The van der Waals surface area contributed by atoms with Gasteiger partial charge in [0.05, 0.1) is 12.7 Å². The number of aromatic carboxylic acids is 1. The lowest BCUT2D eigenvalue weighted by atomic mass is 10.5. The molecule has 8 nitrogen and oxygen atoms in total. The Labute approximate surface area is 122 Å². The van der Waals surface area contributed by atoms with E-state index in [-0.39, 0.29) is 22.0 Å². The average molecular weight is 365 g/mol. The van der Waals surface area contributed by atoms with Crippen LogP contribution in [0, 0.1) is 6.92 Å². The standard InChI is InChI=1S/C10H9BrN2O6S/c1-5-3-12-8(18-5)4-13-20(16,17)7-2-6(10(14)15)19-9(7)11/h2-3,13H,4H2,1H3,(H,14,15). The molecule has 0 amide bonds. The van der Waals surface area contributed by atoms with Crippen LogP contribution in [0.1, 0.15) is 22.2 Å². The van der Waals surface area contributed by atoms with Gasteiger partial charge in [0.15, 0.2) is 4.67 Å². The van der Waals surface area contributed by atoms with Crippen LogP contribution < -0.4 is 4.72 Å². The number of halogens is 1. The third kappa shape index (κ3) is 3.08. The summed E-state index contributed by atoms with van der Waals surface area (Å²) in [7, 11) is -3.95. The summed E-state index contributed by atoms with van der Waals surface area (Å²) in [5, 5.41) is 8.74. The van der Waals surface area contributed by atoms with Crippen LogP contribution in [0.25, 0.3) is 0 Å². The Balaban J connectivity index is 2.20.